The largest absolute Gasteiger partial charge is 0.456 e. The van der Waals surface area contributed by atoms with Crippen LogP contribution in [0, 0.1) is 0 Å². The van der Waals surface area contributed by atoms with E-state index in [1.54, 1.807) is 0 Å². The quantitative estimate of drug-likeness (QED) is 0.151. The Morgan fingerprint density at radius 2 is 0.758 bits per heavy atom. The van der Waals surface area contributed by atoms with Crippen molar-refractivity contribution in [3.63, 3.8) is 0 Å². The van der Waals surface area contributed by atoms with Crippen LogP contribution in [0.1, 0.15) is 44.5 Å². The summed E-state index contributed by atoms with van der Waals surface area (Å²) in [6, 6.07) is 74.7. The average molecular weight is 971 g/mol. The number of rotatable bonds is 0. The van der Waals surface area contributed by atoms with Gasteiger partial charge in [0.2, 0.25) is 0 Å². The van der Waals surface area contributed by atoms with Gasteiger partial charge in [-0.05, 0) is 115 Å². The molecule has 0 N–H and O–H groups in total. The lowest BCUT2D eigenvalue weighted by Crippen LogP contribution is -2.26. The van der Waals surface area contributed by atoms with Crippen molar-refractivity contribution >= 4 is 75.7 Å². The van der Waals surface area contributed by atoms with Gasteiger partial charge in [-0.15, -0.1) is 0 Å². The minimum atomic E-state index is -0.408. The number of fused-ring (bicyclic) bond motifs is 27. The Morgan fingerprint density at radius 3 is 1.41 bits per heavy atom. The van der Waals surface area contributed by atoms with Gasteiger partial charge in [0.25, 0.3) is 0 Å². The van der Waals surface area contributed by atoms with E-state index < -0.39 is 5.41 Å². The molecule has 0 saturated carbocycles. The number of para-hydroxylation sites is 2. The molecule has 2 aromatic heterocycles. The molecule has 4 aliphatic carbocycles. The van der Waals surface area contributed by atoms with Gasteiger partial charge >= 0.3 is 0 Å². The summed E-state index contributed by atoms with van der Waals surface area (Å²) >= 11 is 7.76. The van der Waals surface area contributed by atoms with Crippen molar-refractivity contribution in [3.8, 4) is 44.5 Å². The first-order valence-electron chi connectivity index (χ1n) is 22.5. The van der Waals surface area contributed by atoms with Crippen molar-refractivity contribution < 1.29 is 8.83 Å². The van der Waals surface area contributed by atoms with E-state index >= 15 is 0 Å². The molecule has 2 spiro atoms. The Bertz CT molecular complexity index is 4090. The van der Waals surface area contributed by atoms with E-state index in [2.05, 4.69) is 226 Å². The van der Waals surface area contributed by atoms with Crippen LogP contribution in [0.25, 0.3) is 88.4 Å². The van der Waals surface area contributed by atoms with Crippen LogP contribution >= 0.6 is 31.9 Å². The Morgan fingerprint density at radius 1 is 0.288 bits per heavy atom. The second-order valence-electron chi connectivity index (χ2n) is 18.0. The standard InChI is InChI=1S/2C31H17BrO/c32-27-14-7-13-25-30(27)20-10-2-5-12-24(20)31(25)23-11-4-1-8-18(23)21-17-29-22(16-26(21)31)19-9-3-6-15-28(19)33-29;32-26-14-7-13-25-28(26)22-10-2-5-12-24(22)31(25)23-11-4-1-8-18(23)20-16-17-21-19-9-3-6-15-27(19)33-30(21)29(20)31/h2*1-17H. The molecule has 16 rings (SSSR count). The van der Waals surface area contributed by atoms with Crippen LogP contribution in [0.5, 0.6) is 0 Å². The Hall–Kier alpha value is -7.24. The molecule has 12 aromatic rings. The molecule has 0 amide bonds. The molecule has 308 valence electrons. The zero-order valence-electron chi connectivity index (χ0n) is 35.2. The van der Waals surface area contributed by atoms with Crippen molar-refractivity contribution in [2.45, 2.75) is 10.8 Å². The lowest BCUT2D eigenvalue weighted by atomic mass is 9.70. The Balaban J connectivity index is 0.000000121. The van der Waals surface area contributed by atoms with E-state index in [9.17, 15) is 0 Å². The molecule has 2 nitrogen and oxygen atoms in total. The number of benzene rings is 10. The minimum absolute atomic E-state index is 0.339. The summed E-state index contributed by atoms with van der Waals surface area (Å²) in [6.07, 6.45) is 0. The third-order valence-corrected chi connectivity index (χ3v) is 16.4. The van der Waals surface area contributed by atoms with Crippen molar-refractivity contribution in [2.75, 3.05) is 0 Å². The molecule has 0 aliphatic heterocycles. The van der Waals surface area contributed by atoms with Gasteiger partial charge in [0, 0.05) is 47.2 Å². The molecule has 4 aliphatic rings. The summed E-state index contributed by atoms with van der Waals surface area (Å²) in [5.74, 6) is 0. The topological polar surface area (TPSA) is 26.3 Å². The number of halogens is 2. The first kappa shape index (κ1) is 37.0. The Kier molecular flexibility index (Phi) is 7.40. The van der Waals surface area contributed by atoms with Gasteiger partial charge in [-0.25, -0.2) is 0 Å². The van der Waals surface area contributed by atoms with Gasteiger partial charge in [-0.1, -0.05) is 196 Å². The highest BCUT2D eigenvalue weighted by molar-refractivity contribution is 9.11. The molecule has 0 fully saturated rings. The molecule has 0 bridgehead atoms. The third kappa shape index (κ3) is 4.42. The summed E-state index contributed by atoms with van der Waals surface area (Å²) in [7, 11) is 0. The van der Waals surface area contributed by atoms with Crippen LogP contribution in [0.15, 0.2) is 224 Å². The first-order chi connectivity index (χ1) is 32.6. The molecule has 10 aromatic carbocycles. The average Bonchev–Trinajstić information content (AvgIpc) is 4.19. The number of hydrogen-bond acceptors (Lipinski definition) is 2. The summed E-state index contributed by atoms with van der Waals surface area (Å²) in [5, 5.41) is 4.69. The van der Waals surface area contributed by atoms with E-state index in [1.165, 1.54) is 111 Å². The normalized spacial score (nSPS) is 17.4. The van der Waals surface area contributed by atoms with Crippen LogP contribution in [0.4, 0.5) is 0 Å². The molecule has 2 heterocycles. The predicted octanol–water partition coefficient (Wildman–Crippen LogP) is 17.4. The van der Waals surface area contributed by atoms with Crippen LogP contribution in [-0.2, 0) is 10.8 Å². The summed E-state index contributed by atoms with van der Waals surface area (Å²) < 4.78 is 15.2. The summed E-state index contributed by atoms with van der Waals surface area (Å²) in [6.45, 7) is 0. The zero-order valence-corrected chi connectivity index (χ0v) is 38.4. The molecule has 2 unspecified atom stereocenters. The van der Waals surface area contributed by atoms with Gasteiger partial charge in [-0.2, -0.15) is 0 Å². The maximum Gasteiger partial charge on any atom is 0.140 e. The highest BCUT2D eigenvalue weighted by Gasteiger charge is 2.54. The van der Waals surface area contributed by atoms with E-state index in [0.29, 0.717) is 0 Å². The van der Waals surface area contributed by atoms with Crippen LogP contribution in [0.2, 0.25) is 0 Å². The highest BCUT2D eigenvalue weighted by Crippen LogP contribution is 2.66. The van der Waals surface area contributed by atoms with Crippen molar-refractivity contribution in [1.82, 2.24) is 0 Å². The zero-order chi connectivity index (χ0) is 43.5. The summed E-state index contributed by atoms with van der Waals surface area (Å²) in [5.41, 5.74) is 24.0. The fourth-order valence-corrected chi connectivity index (χ4v) is 13.9. The second-order valence-corrected chi connectivity index (χ2v) is 19.7. The lowest BCUT2D eigenvalue weighted by molar-refractivity contribution is 0.652. The lowest BCUT2D eigenvalue weighted by Gasteiger charge is -2.30. The van der Waals surface area contributed by atoms with E-state index in [-0.39, 0.29) is 5.41 Å². The molecular formula is C62H34Br2O2. The molecule has 2 atom stereocenters. The second kappa shape index (κ2) is 13.2. The molecular weight excluding hydrogens is 936 g/mol. The van der Waals surface area contributed by atoms with E-state index in [0.717, 1.165) is 31.3 Å². The van der Waals surface area contributed by atoms with Gasteiger partial charge in [0.15, 0.2) is 0 Å². The van der Waals surface area contributed by atoms with Crippen LogP contribution in [0.3, 0.4) is 0 Å². The predicted molar refractivity (Wildman–Crippen MR) is 275 cm³/mol. The van der Waals surface area contributed by atoms with Gasteiger partial charge < -0.3 is 8.83 Å². The van der Waals surface area contributed by atoms with Gasteiger partial charge in [0.1, 0.15) is 22.3 Å². The number of hydrogen-bond donors (Lipinski definition) is 0. The SMILES string of the molecule is Brc1cccc2c1-c1ccccc1C21c2ccccc2-c2cc3oc4ccccc4c3cc21.Brc1cccc2c1-c1ccccc1C21c2ccccc2-c2ccc3c(oc4ccccc43)c21. The molecule has 0 saturated heterocycles. The van der Waals surface area contributed by atoms with Crippen LogP contribution < -0.4 is 0 Å². The van der Waals surface area contributed by atoms with Crippen molar-refractivity contribution in [2.24, 2.45) is 0 Å². The number of furan rings is 2. The van der Waals surface area contributed by atoms with Crippen LogP contribution in [-0.4, -0.2) is 0 Å². The molecule has 4 heteroatoms. The fraction of sp³-hybridized carbons (Fsp3) is 0.0323. The van der Waals surface area contributed by atoms with E-state index in [1.807, 2.05) is 12.1 Å². The fourth-order valence-electron chi connectivity index (χ4n) is 12.8. The van der Waals surface area contributed by atoms with E-state index in [4.69, 9.17) is 8.83 Å². The summed E-state index contributed by atoms with van der Waals surface area (Å²) in [4.78, 5) is 0. The molecule has 66 heavy (non-hydrogen) atoms. The Labute approximate surface area is 397 Å². The van der Waals surface area contributed by atoms with Crippen molar-refractivity contribution in [1.29, 1.82) is 0 Å². The van der Waals surface area contributed by atoms with Crippen molar-refractivity contribution in [3.05, 3.63) is 260 Å². The molecule has 0 radical (unpaired) electrons. The highest BCUT2D eigenvalue weighted by atomic mass is 79.9. The third-order valence-electron chi connectivity index (χ3n) is 15.1. The monoisotopic (exact) mass is 968 g/mol. The smallest absolute Gasteiger partial charge is 0.140 e. The maximum atomic E-state index is 6.66. The maximum absolute atomic E-state index is 6.66. The van der Waals surface area contributed by atoms with Gasteiger partial charge in [-0.3, -0.25) is 0 Å². The first-order valence-corrected chi connectivity index (χ1v) is 24.0. The minimum Gasteiger partial charge on any atom is -0.456 e. The van der Waals surface area contributed by atoms with Gasteiger partial charge in [0.05, 0.1) is 10.8 Å².